The van der Waals surface area contributed by atoms with Crippen molar-refractivity contribution in [2.75, 3.05) is 31.1 Å². The molecule has 3 aromatic rings. The van der Waals surface area contributed by atoms with Crippen molar-refractivity contribution in [3.63, 3.8) is 0 Å². The molecule has 0 bridgehead atoms. The molecule has 1 aliphatic heterocycles. The lowest BCUT2D eigenvalue weighted by Crippen LogP contribution is -2.46. The Morgan fingerprint density at radius 2 is 1.94 bits per heavy atom. The first kappa shape index (κ1) is 23.7. The van der Waals surface area contributed by atoms with Crippen molar-refractivity contribution in [3.8, 4) is 0 Å². The SMILES string of the molecule is CCC(C)Cc1c(C)sc2nc(CN3CCN(c4ccc(C(F)(F)F)cn4)CC3)[nH]c(=O)c12. The Hall–Kier alpha value is -2.46. The van der Waals surface area contributed by atoms with Crippen molar-refractivity contribution in [3.05, 3.63) is 50.5 Å². The van der Waals surface area contributed by atoms with E-state index in [1.54, 1.807) is 11.3 Å². The number of alkyl halides is 3. The van der Waals surface area contributed by atoms with E-state index in [0.29, 0.717) is 50.3 Å². The first-order chi connectivity index (χ1) is 15.7. The summed E-state index contributed by atoms with van der Waals surface area (Å²) in [5, 5.41) is 0.722. The number of nitrogens with one attached hydrogen (secondary N) is 1. The van der Waals surface area contributed by atoms with Crippen LogP contribution in [0.3, 0.4) is 0 Å². The number of thiophene rings is 1. The van der Waals surface area contributed by atoms with Crippen LogP contribution in [0.25, 0.3) is 10.2 Å². The first-order valence-corrected chi connectivity index (χ1v) is 12.0. The Morgan fingerprint density at radius 3 is 2.55 bits per heavy atom. The number of H-pyrrole nitrogens is 1. The van der Waals surface area contributed by atoms with E-state index in [-0.39, 0.29) is 5.56 Å². The van der Waals surface area contributed by atoms with Crippen molar-refractivity contribution in [2.24, 2.45) is 5.92 Å². The smallest absolute Gasteiger partial charge is 0.354 e. The highest BCUT2D eigenvalue weighted by molar-refractivity contribution is 7.18. The van der Waals surface area contributed by atoms with Crippen molar-refractivity contribution in [1.29, 1.82) is 0 Å². The molecule has 0 spiro atoms. The molecule has 1 N–H and O–H groups in total. The molecular formula is C23H28F3N5OS. The molecule has 0 saturated carbocycles. The molecule has 0 radical (unpaired) electrons. The fourth-order valence-electron chi connectivity index (χ4n) is 4.12. The molecule has 10 heteroatoms. The number of nitrogens with zero attached hydrogens (tertiary/aromatic N) is 4. The predicted octanol–water partition coefficient (Wildman–Crippen LogP) is 4.62. The summed E-state index contributed by atoms with van der Waals surface area (Å²) in [5.74, 6) is 1.69. The first-order valence-electron chi connectivity index (χ1n) is 11.2. The highest BCUT2D eigenvalue weighted by Crippen LogP contribution is 2.31. The third-order valence-corrected chi connectivity index (χ3v) is 7.35. The molecule has 0 amide bonds. The van der Waals surface area contributed by atoms with E-state index in [9.17, 15) is 18.0 Å². The molecular weight excluding hydrogens is 451 g/mol. The minimum Gasteiger partial charge on any atom is -0.354 e. The average Bonchev–Trinajstić information content (AvgIpc) is 3.09. The summed E-state index contributed by atoms with van der Waals surface area (Å²) in [6, 6.07) is 2.48. The van der Waals surface area contributed by atoms with Crippen LogP contribution in [-0.2, 0) is 19.1 Å². The zero-order chi connectivity index (χ0) is 23.8. The fourth-order valence-corrected chi connectivity index (χ4v) is 5.19. The highest BCUT2D eigenvalue weighted by Gasteiger charge is 2.31. The number of piperazine rings is 1. The summed E-state index contributed by atoms with van der Waals surface area (Å²) in [6.45, 7) is 9.61. The molecule has 4 rings (SSSR count). The van der Waals surface area contributed by atoms with Gasteiger partial charge in [0.25, 0.3) is 5.56 Å². The van der Waals surface area contributed by atoms with E-state index in [0.717, 1.165) is 45.8 Å². The zero-order valence-corrected chi connectivity index (χ0v) is 19.8. The largest absolute Gasteiger partial charge is 0.417 e. The number of aromatic nitrogens is 3. The van der Waals surface area contributed by atoms with Gasteiger partial charge in [0.1, 0.15) is 16.5 Å². The fraction of sp³-hybridized carbons (Fsp3) is 0.522. The Labute approximate surface area is 194 Å². The number of halogens is 3. The summed E-state index contributed by atoms with van der Waals surface area (Å²) in [6.07, 6.45) is -1.56. The minimum atomic E-state index is -4.38. The van der Waals surface area contributed by atoms with Gasteiger partial charge in [-0.1, -0.05) is 20.3 Å². The maximum Gasteiger partial charge on any atom is 0.417 e. The van der Waals surface area contributed by atoms with E-state index in [4.69, 9.17) is 4.98 Å². The Kier molecular flexibility index (Phi) is 6.76. The molecule has 1 fully saturated rings. The second kappa shape index (κ2) is 9.42. The summed E-state index contributed by atoms with van der Waals surface area (Å²) in [4.78, 5) is 30.7. The molecule has 0 aliphatic carbocycles. The topological polar surface area (TPSA) is 65.1 Å². The maximum atomic E-state index is 12.9. The van der Waals surface area contributed by atoms with Gasteiger partial charge in [-0.15, -0.1) is 11.3 Å². The van der Waals surface area contributed by atoms with Crippen molar-refractivity contribution < 1.29 is 13.2 Å². The van der Waals surface area contributed by atoms with Crippen molar-refractivity contribution in [2.45, 2.75) is 46.3 Å². The molecule has 4 heterocycles. The van der Waals surface area contributed by atoms with Crippen molar-refractivity contribution in [1.82, 2.24) is 19.9 Å². The van der Waals surface area contributed by atoms with Gasteiger partial charge < -0.3 is 9.88 Å². The van der Waals surface area contributed by atoms with Gasteiger partial charge in [0.2, 0.25) is 0 Å². The lowest BCUT2D eigenvalue weighted by molar-refractivity contribution is -0.137. The van der Waals surface area contributed by atoms with Crippen LogP contribution in [-0.4, -0.2) is 46.0 Å². The zero-order valence-electron chi connectivity index (χ0n) is 19.0. The van der Waals surface area contributed by atoms with Crippen LogP contribution >= 0.6 is 11.3 Å². The number of pyridine rings is 1. The van der Waals surface area contributed by atoms with Gasteiger partial charge in [0.05, 0.1) is 17.5 Å². The van der Waals surface area contributed by atoms with E-state index in [1.165, 1.54) is 6.07 Å². The standard InChI is InChI=1S/C23H28F3N5OS/c1-4-14(2)11-17-15(3)33-22-20(17)21(32)28-18(29-22)13-30-7-9-31(10-8-30)19-6-5-16(12-27-19)23(24,25)26/h5-6,12,14H,4,7-11,13H2,1-3H3,(H,28,29,32). The Balaban J connectivity index is 1.42. The van der Waals surface area contributed by atoms with Crippen LogP contribution in [0.4, 0.5) is 19.0 Å². The quantitative estimate of drug-likeness (QED) is 0.559. The molecule has 178 valence electrons. The summed E-state index contributed by atoms with van der Waals surface area (Å²) in [7, 11) is 0. The molecule has 1 saturated heterocycles. The van der Waals surface area contributed by atoms with Gasteiger partial charge in [0.15, 0.2) is 0 Å². The minimum absolute atomic E-state index is 0.0785. The maximum absolute atomic E-state index is 12.9. The second-order valence-corrected chi connectivity index (χ2v) is 9.92. The molecule has 3 aromatic heterocycles. The van der Waals surface area contributed by atoms with Gasteiger partial charge in [0, 0.05) is 37.3 Å². The molecule has 33 heavy (non-hydrogen) atoms. The normalized spacial score (nSPS) is 16.5. The summed E-state index contributed by atoms with van der Waals surface area (Å²) < 4.78 is 38.3. The van der Waals surface area contributed by atoms with Crippen molar-refractivity contribution >= 4 is 27.4 Å². The number of fused-ring (bicyclic) bond motifs is 1. The number of aromatic amines is 1. The van der Waals surface area contributed by atoms with Gasteiger partial charge in [-0.05, 0) is 37.0 Å². The second-order valence-electron chi connectivity index (χ2n) is 8.71. The van der Waals surface area contributed by atoms with E-state index in [1.807, 2.05) is 4.90 Å². The van der Waals surface area contributed by atoms with Gasteiger partial charge in [-0.3, -0.25) is 9.69 Å². The van der Waals surface area contributed by atoms with Crippen LogP contribution < -0.4 is 10.5 Å². The van der Waals surface area contributed by atoms with Crippen LogP contribution in [0.5, 0.6) is 0 Å². The molecule has 1 unspecified atom stereocenters. The van der Waals surface area contributed by atoms with Crippen LogP contribution in [0, 0.1) is 12.8 Å². The van der Waals surface area contributed by atoms with E-state index < -0.39 is 11.7 Å². The number of hydrogen-bond acceptors (Lipinski definition) is 6. The van der Waals surface area contributed by atoms with Crippen LogP contribution in [0.15, 0.2) is 23.1 Å². The third-order valence-electron chi connectivity index (χ3n) is 6.31. The van der Waals surface area contributed by atoms with Crippen LogP contribution in [0.2, 0.25) is 0 Å². The predicted molar refractivity (Wildman–Crippen MR) is 125 cm³/mol. The van der Waals surface area contributed by atoms with Gasteiger partial charge >= 0.3 is 6.18 Å². The summed E-state index contributed by atoms with van der Waals surface area (Å²) in [5.41, 5.74) is 0.291. The van der Waals surface area contributed by atoms with Crippen LogP contribution in [0.1, 0.15) is 42.1 Å². The third kappa shape index (κ3) is 5.22. The molecule has 1 aliphatic rings. The molecule has 1 atom stereocenters. The van der Waals surface area contributed by atoms with Gasteiger partial charge in [-0.2, -0.15) is 13.2 Å². The highest BCUT2D eigenvalue weighted by atomic mass is 32.1. The molecule has 6 nitrogen and oxygen atoms in total. The number of anilines is 1. The molecule has 0 aromatic carbocycles. The Morgan fingerprint density at radius 1 is 1.21 bits per heavy atom. The lowest BCUT2D eigenvalue weighted by Gasteiger charge is -2.35. The number of rotatable bonds is 6. The average molecular weight is 480 g/mol. The Bertz CT molecular complexity index is 1160. The van der Waals surface area contributed by atoms with E-state index in [2.05, 4.69) is 35.6 Å². The van der Waals surface area contributed by atoms with E-state index >= 15 is 0 Å². The van der Waals surface area contributed by atoms with Gasteiger partial charge in [-0.25, -0.2) is 9.97 Å². The number of aryl methyl sites for hydroxylation is 1. The summed E-state index contributed by atoms with van der Waals surface area (Å²) >= 11 is 1.58. The number of hydrogen-bond donors (Lipinski definition) is 1. The lowest BCUT2D eigenvalue weighted by atomic mass is 9.98. The monoisotopic (exact) mass is 479 g/mol.